The molecule has 0 saturated carbocycles. The van der Waals surface area contributed by atoms with Crippen LogP contribution in [0.1, 0.15) is 33.6 Å². The quantitative estimate of drug-likeness (QED) is 0.440. The summed E-state index contributed by atoms with van der Waals surface area (Å²) >= 11 is 0. The smallest absolute Gasteiger partial charge is 0.264 e. The van der Waals surface area contributed by atoms with Gasteiger partial charge < -0.3 is 16.4 Å². The molecule has 0 radical (unpaired) electrons. The third-order valence-electron chi connectivity index (χ3n) is 4.37. The molecule has 2 aliphatic heterocycles. The molecule has 0 aromatic heterocycles. The Morgan fingerprint density at radius 2 is 1.96 bits per heavy atom. The highest BCUT2D eigenvalue weighted by atomic mass is 35.5. The summed E-state index contributed by atoms with van der Waals surface area (Å²) in [6.07, 6.45) is 0.136. The molecule has 150 valence electrons. The zero-order chi connectivity index (χ0) is 19.6. The van der Waals surface area contributed by atoms with Crippen LogP contribution in [0.3, 0.4) is 0 Å². The average Bonchev–Trinajstić information content (AvgIpc) is 2.90. The summed E-state index contributed by atoms with van der Waals surface area (Å²) in [5.41, 5.74) is 5.90. The summed E-state index contributed by atoms with van der Waals surface area (Å²) in [4.78, 5) is 61.5. The van der Waals surface area contributed by atoms with Gasteiger partial charge in [0.2, 0.25) is 17.7 Å². The molecule has 0 spiro atoms. The van der Waals surface area contributed by atoms with Gasteiger partial charge in [-0.3, -0.25) is 34.2 Å². The van der Waals surface area contributed by atoms with Gasteiger partial charge in [-0.25, -0.2) is 0 Å². The lowest BCUT2D eigenvalue weighted by molar-refractivity contribution is -0.136. The Hall–Kier alpha value is -2.98. The van der Waals surface area contributed by atoms with E-state index in [4.69, 9.17) is 5.73 Å². The van der Waals surface area contributed by atoms with Crippen LogP contribution in [0.25, 0.3) is 0 Å². The van der Waals surface area contributed by atoms with Crippen molar-refractivity contribution >= 4 is 47.6 Å². The predicted molar refractivity (Wildman–Crippen MR) is 101 cm³/mol. The maximum atomic E-state index is 12.9. The molecule has 5 N–H and O–H groups in total. The monoisotopic (exact) mass is 409 g/mol. The number of halogens is 1. The Bertz CT molecular complexity index is 843. The molecule has 2 heterocycles. The first-order chi connectivity index (χ1) is 12.9. The number of hydrogen-bond donors (Lipinski definition) is 4. The minimum atomic E-state index is -1.03. The Morgan fingerprint density at radius 3 is 2.64 bits per heavy atom. The fraction of sp³-hybridized carbons (Fsp3) is 0.353. The van der Waals surface area contributed by atoms with Crippen LogP contribution in [0, 0.1) is 0 Å². The van der Waals surface area contributed by atoms with E-state index in [0.29, 0.717) is 18.8 Å². The van der Waals surface area contributed by atoms with Gasteiger partial charge in [-0.1, -0.05) is 6.07 Å². The highest BCUT2D eigenvalue weighted by Gasteiger charge is 2.45. The first-order valence-electron chi connectivity index (χ1n) is 8.49. The molecule has 2 aliphatic rings. The van der Waals surface area contributed by atoms with Gasteiger partial charge in [0, 0.05) is 25.2 Å². The van der Waals surface area contributed by atoms with E-state index in [2.05, 4.69) is 16.0 Å². The first kappa shape index (κ1) is 21.3. The normalized spacial score (nSPS) is 18.3. The molecule has 1 aromatic carbocycles. The number of carbonyl (C=O) groups excluding carboxylic acids is 5. The molecule has 1 aromatic rings. The molecule has 0 aliphatic carbocycles. The lowest BCUT2D eigenvalue weighted by Crippen LogP contribution is -2.54. The molecule has 1 atom stereocenters. The highest BCUT2D eigenvalue weighted by molar-refractivity contribution is 6.25. The number of nitrogens with two attached hydrogens (primary N) is 1. The number of anilines is 1. The zero-order valence-corrected chi connectivity index (χ0v) is 15.6. The number of benzene rings is 1. The van der Waals surface area contributed by atoms with E-state index in [1.54, 1.807) is 12.1 Å². The molecule has 1 fully saturated rings. The molecule has 0 bridgehead atoms. The van der Waals surface area contributed by atoms with Crippen molar-refractivity contribution in [1.29, 1.82) is 0 Å². The fourth-order valence-electron chi connectivity index (χ4n) is 3.11. The van der Waals surface area contributed by atoms with E-state index in [1.165, 1.54) is 6.07 Å². The minimum Gasteiger partial charge on any atom is -0.375 e. The summed E-state index contributed by atoms with van der Waals surface area (Å²) in [6, 6.07) is 3.61. The second-order valence-corrected chi connectivity index (χ2v) is 6.17. The molecule has 5 amide bonds. The number of fused-ring (bicyclic) bond motifs is 1. The Balaban J connectivity index is 0.00000280. The summed E-state index contributed by atoms with van der Waals surface area (Å²) in [7, 11) is 0. The van der Waals surface area contributed by atoms with Crippen LogP contribution in [-0.4, -0.2) is 60.1 Å². The zero-order valence-electron chi connectivity index (χ0n) is 14.8. The Morgan fingerprint density at radius 1 is 1.21 bits per heavy atom. The lowest BCUT2D eigenvalue weighted by atomic mass is 10.0. The second-order valence-electron chi connectivity index (χ2n) is 6.17. The van der Waals surface area contributed by atoms with Gasteiger partial charge >= 0.3 is 0 Å². The van der Waals surface area contributed by atoms with Crippen molar-refractivity contribution in [2.45, 2.75) is 18.9 Å². The predicted octanol–water partition coefficient (Wildman–Crippen LogP) is -1.00. The van der Waals surface area contributed by atoms with Crippen LogP contribution in [0.2, 0.25) is 0 Å². The standard InChI is InChI=1S/C17H19N5O5.ClH/c18-6-7-19-13(24)8-20-10-3-1-2-9-14(10)17(27)22(16(9)26)11-4-5-12(23)21-15(11)25;/h1-3,11,20H,4-8,18H2,(H,19,24)(H,21,23,25);1H. The first-order valence-corrected chi connectivity index (χ1v) is 8.49. The number of hydrogen-bond acceptors (Lipinski definition) is 7. The largest absolute Gasteiger partial charge is 0.375 e. The van der Waals surface area contributed by atoms with Crippen LogP contribution in [0.15, 0.2) is 18.2 Å². The maximum Gasteiger partial charge on any atom is 0.264 e. The lowest BCUT2D eigenvalue weighted by Gasteiger charge is -2.27. The third kappa shape index (κ3) is 3.97. The number of nitrogens with zero attached hydrogens (tertiary/aromatic N) is 1. The number of imide groups is 2. The van der Waals surface area contributed by atoms with E-state index in [1.807, 2.05) is 0 Å². The molecule has 28 heavy (non-hydrogen) atoms. The SMILES string of the molecule is Cl.NCCNC(=O)CNc1cccc2c1C(=O)N(C1CCC(=O)NC1=O)C2=O. The Kier molecular flexibility index (Phi) is 6.71. The molecule has 11 heteroatoms. The van der Waals surface area contributed by atoms with E-state index in [-0.39, 0.29) is 48.8 Å². The van der Waals surface area contributed by atoms with Crippen molar-refractivity contribution in [3.63, 3.8) is 0 Å². The van der Waals surface area contributed by atoms with Crippen molar-refractivity contribution in [2.24, 2.45) is 5.73 Å². The third-order valence-corrected chi connectivity index (χ3v) is 4.37. The van der Waals surface area contributed by atoms with Gasteiger partial charge in [0.05, 0.1) is 17.7 Å². The summed E-state index contributed by atoms with van der Waals surface area (Å²) < 4.78 is 0. The van der Waals surface area contributed by atoms with Gasteiger partial charge in [-0.2, -0.15) is 0 Å². The molecule has 3 rings (SSSR count). The molecular weight excluding hydrogens is 390 g/mol. The van der Waals surface area contributed by atoms with E-state index < -0.39 is 29.7 Å². The van der Waals surface area contributed by atoms with E-state index in [0.717, 1.165) is 4.90 Å². The van der Waals surface area contributed by atoms with Crippen molar-refractivity contribution in [3.05, 3.63) is 29.3 Å². The summed E-state index contributed by atoms with van der Waals surface area (Å²) in [5.74, 6) is -2.64. The van der Waals surface area contributed by atoms with Crippen LogP contribution in [0.5, 0.6) is 0 Å². The van der Waals surface area contributed by atoms with Crippen molar-refractivity contribution in [1.82, 2.24) is 15.5 Å². The van der Waals surface area contributed by atoms with Crippen LogP contribution in [-0.2, 0) is 14.4 Å². The number of nitrogens with one attached hydrogen (secondary N) is 3. The van der Waals surface area contributed by atoms with Gasteiger partial charge in [0.25, 0.3) is 11.8 Å². The molecule has 1 saturated heterocycles. The number of amides is 5. The summed E-state index contributed by atoms with van der Waals surface area (Å²) in [5, 5.41) is 7.57. The van der Waals surface area contributed by atoms with Gasteiger partial charge in [0.15, 0.2) is 0 Å². The summed E-state index contributed by atoms with van der Waals surface area (Å²) in [6.45, 7) is 0.533. The number of carbonyl (C=O) groups is 5. The fourth-order valence-corrected chi connectivity index (χ4v) is 3.11. The molecule has 10 nitrogen and oxygen atoms in total. The van der Waals surface area contributed by atoms with E-state index >= 15 is 0 Å². The Labute approximate surface area is 166 Å². The van der Waals surface area contributed by atoms with E-state index in [9.17, 15) is 24.0 Å². The van der Waals surface area contributed by atoms with Crippen molar-refractivity contribution < 1.29 is 24.0 Å². The van der Waals surface area contributed by atoms with Gasteiger partial charge in [0.1, 0.15) is 6.04 Å². The van der Waals surface area contributed by atoms with Crippen molar-refractivity contribution in [2.75, 3.05) is 25.0 Å². The average molecular weight is 410 g/mol. The molecule has 1 unspecified atom stereocenters. The number of piperidine rings is 1. The van der Waals surface area contributed by atoms with Gasteiger partial charge in [-0.15, -0.1) is 12.4 Å². The minimum absolute atomic E-state index is 0. The molecular formula is C17H20ClN5O5. The highest BCUT2D eigenvalue weighted by Crippen LogP contribution is 2.32. The van der Waals surface area contributed by atoms with Crippen LogP contribution >= 0.6 is 12.4 Å². The maximum absolute atomic E-state index is 12.9. The van der Waals surface area contributed by atoms with Gasteiger partial charge in [-0.05, 0) is 18.6 Å². The van der Waals surface area contributed by atoms with Crippen molar-refractivity contribution in [3.8, 4) is 0 Å². The van der Waals surface area contributed by atoms with Crippen LogP contribution in [0.4, 0.5) is 5.69 Å². The second kappa shape index (κ2) is 8.81. The number of rotatable bonds is 6. The topological polar surface area (TPSA) is 151 Å². The van der Waals surface area contributed by atoms with Crippen LogP contribution < -0.4 is 21.7 Å².